The Morgan fingerprint density at radius 3 is 2.61 bits per heavy atom. The van der Waals surface area contributed by atoms with E-state index in [4.69, 9.17) is 9.84 Å². The second kappa shape index (κ2) is 8.18. The molecule has 18 heavy (non-hydrogen) atoms. The van der Waals surface area contributed by atoms with Crippen molar-refractivity contribution in [2.75, 3.05) is 53.0 Å². The van der Waals surface area contributed by atoms with Crippen molar-refractivity contribution < 1.29 is 19.4 Å². The van der Waals surface area contributed by atoms with E-state index in [1.165, 1.54) is 0 Å². The summed E-state index contributed by atoms with van der Waals surface area (Å²) in [4.78, 5) is 26.7. The Labute approximate surface area is 107 Å². The molecule has 0 aromatic carbocycles. The highest BCUT2D eigenvalue weighted by atomic mass is 16.5. The van der Waals surface area contributed by atoms with Crippen LogP contribution in [-0.2, 0) is 14.3 Å². The van der Waals surface area contributed by atoms with Crippen molar-refractivity contribution >= 4 is 11.7 Å². The minimum atomic E-state index is 0.0204. The molecule has 0 aromatic rings. The van der Waals surface area contributed by atoms with Crippen molar-refractivity contribution in [3.05, 3.63) is 0 Å². The first kappa shape index (κ1) is 15.1. The lowest BCUT2D eigenvalue weighted by Crippen LogP contribution is -2.45. The van der Waals surface area contributed by atoms with Crippen LogP contribution in [0.1, 0.15) is 12.8 Å². The molecule has 0 aromatic heterocycles. The predicted octanol–water partition coefficient (Wildman–Crippen LogP) is -0.881. The Morgan fingerprint density at radius 2 is 2.06 bits per heavy atom. The number of aliphatic hydroxyl groups is 1. The second-order valence-corrected chi connectivity index (χ2v) is 4.41. The fraction of sp³-hybridized carbons (Fsp3) is 0.833. The molecule has 0 radical (unpaired) electrons. The fourth-order valence-electron chi connectivity index (χ4n) is 1.93. The summed E-state index contributed by atoms with van der Waals surface area (Å²) in [7, 11) is 1.61. The lowest BCUT2D eigenvalue weighted by molar-refractivity contribution is -0.135. The summed E-state index contributed by atoms with van der Waals surface area (Å²) in [5.74, 6) is 0.248. The number of Topliss-reactive ketones (excluding diaryl/α,β-unsaturated/α-hetero) is 1. The molecule has 0 bridgehead atoms. The number of likely N-dealkylation sites (tertiary alicyclic amines) is 1. The first-order chi connectivity index (χ1) is 8.67. The molecular formula is C12H22N2O4. The zero-order chi connectivity index (χ0) is 13.4. The molecule has 1 aliphatic heterocycles. The minimum absolute atomic E-state index is 0.0204. The number of methoxy groups -OCH3 is 1. The normalized spacial score (nSPS) is 16.4. The van der Waals surface area contributed by atoms with Crippen LogP contribution in [0.3, 0.4) is 0 Å². The van der Waals surface area contributed by atoms with Gasteiger partial charge in [0, 0.05) is 46.1 Å². The van der Waals surface area contributed by atoms with Gasteiger partial charge in [-0.2, -0.15) is 0 Å². The van der Waals surface area contributed by atoms with Crippen LogP contribution >= 0.6 is 0 Å². The summed E-state index contributed by atoms with van der Waals surface area (Å²) in [5, 5.41) is 8.94. The lowest BCUT2D eigenvalue weighted by Gasteiger charge is -2.29. The van der Waals surface area contributed by atoms with Crippen molar-refractivity contribution in [1.82, 2.24) is 9.80 Å². The van der Waals surface area contributed by atoms with E-state index in [2.05, 4.69) is 0 Å². The Balaban J connectivity index is 2.37. The molecule has 1 N–H and O–H groups in total. The number of carbonyl (C=O) groups is 2. The van der Waals surface area contributed by atoms with E-state index in [0.717, 1.165) is 0 Å². The standard InChI is InChI=1S/C12H22N2O4/c1-18-9-7-13(6-8-15)10-12(17)14-4-2-11(16)3-5-14/h15H,2-10H2,1H3. The van der Waals surface area contributed by atoms with Crippen LogP contribution < -0.4 is 0 Å². The highest BCUT2D eigenvalue weighted by molar-refractivity contribution is 5.84. The number of ether oxygens (including phenoxy) is 1. The Kier molecular flexibility index (Phi) is 6.85. The molecule has 0 saturated carbocycles. The first-order valence-corrected chi connectivity index (χ1v) is 6.29. The molecule has 6 nitrogen and oxygen atoms in total. The van der Waals surface area contributed by atoms with E-state index in [1.807, 2.05) is 4.90 Å². The Hall–Kier alpha value is -0.980. The smallest absolute Gasteiger partial charge is 0.236 e. The van der Waals surface area contributed by atoms with Gasteiger partial charge in [-0.05, 0) is 0 Å². The monoisotopic (exact) mass is 258 g/mol. The molecule has 0 unspecified atom stereocenters. The van der Waals surface area contributed by atoms with Gasteiger partial charge in [0.2, 0.25) is 5.91 Å². The summed E-state index contributed by atoms with van der Waals surface area (Å²) in [6.45, 7) is 2.96. The van der Waals surface area contributed by atoms with Crippen molar-refractivity contribution in [3.63, 3.8) is 0 Å². The predicted molar refractivity (Wildman–Crippen MR) is 66.2 cm³/mol. The van der Waals surface area contributed by atoms with Crippen LogP contribution in [0.4, 0.5) is 0 Å². The highest BCUT2D eigenvalue weighted by Gasteiger charge is 2.22. The van der Waals surface area contributed by atoms with Crippen molar-refractivity contribution in [3.8, 4) is 0 Å². The third kappa shape index (κ3) is 5.12. The molecule has 1 fully saturated rings. The van der Waals surface area contributed by atoms with E-state index in [1.54, 1.807) is 12.0 Å². The van der Waals surface area contributed by atoms with Gasteiger partial charge < -0.3 is 14.7 Å². The molecular weight excluding hydrogens is 236 g/mol. The molecule has 6 heteroatoms. The molecule has 1 rings (SSSR count). The molecule has 1 saturated heterocycles. The van der Waals surface area contributed by atoms with E-state index in [-0.39, 0.29) is 24.8 Å². The second-order valence-electron chi connectivity index (χ2n) is 4.41. The van der Waals surface area contributed by atoms with Crippen LogP contribution in [-0.4, -0.2) is 79.6 Å². The van der Waals surface area contributed by atoms with Crippen LogP contribution in [0.25, 0.3) is 0 Å². The highest BCUT2D eigenvalue weighted by Crippen LogP contribution is 2.06. The Morgan fingerprint density at radius 1 is 1.39 bits per heavy atom. The van der Waals surface area contributed by atoms with E-state index < -0.39 is 0 Å². The average Bonchev–Trinajstić information content (AvgIpc) is 2.37. The third-order valence-corrected chi connectivity index (χ3v) is 3.06. The summed E-state index contributed by atoms with van der Waals surface area (Å²) < 4.78 is 4.97. The molecule has 104 valence electrons. The number of rotatable bonds is 7. The molecule has 0 aliphatic carbocycles. The van der Waals surface area contributed by atoms with Crippen LogP contribution in [0.15, 0.2) is 0 Å². The van der Waals surface area contributed by atoms with Crippen molar-refractivity contribution in [1.29, 1.82) is 0 Å². The maximum atomic E-state index is 12.0. The zero-order valence-electron chi connectivity index (χ0n) is 10.9. The van der Waals surface area contributed by atoms with Gasteiger partial charge >= 0.3 is 0 Å². The van der Waals surface area contributed by atoms with Crippen molar-refractivity contribution in [2.45, 2.75) is 12.8 Å². The maximum absolute atomic E-state index is 12.0. The average molecular weight is 258 g/mol. The number of amides is 1. The number of aliphatic hydroxyl groups excluding tert-OH is 1. The zero-order valence-corrected chi connectivity index (χ0v) is 10.9. The van der Waals surface area contributed by atoms with Gasteiger partial charge in [-0.15, -0.1) is 0 Å². The number of piperidine rings is 1. The van der Waals surface area contributed by atoms with Gasteiger partial charge in [-0.25, -0.2) is 0 Å². The van der Waals surface area contributed by atoms with E-state index >= 15 is 0 Å². The van der Waals surface area contributed by atoms with Gasteiger partial charge in [0.25, 0.3) is 0 Å². The van der Waals surface area contributed by atoms with Gasteiger partial charge in [0.1, 0.15) is 5.78 Å². The number of ketones is 1. The maximum Gasteiger partial charge on any atom is 0.236 e. The quantitative estimate of drug-likeness (QED) is 0.642. The summed E-state index contributed by atoms with van der Waals surface area (Å²) in [6, 6.07) is 0. The number of nitrogens with zero attached hydrogens (tertiary/aromatic N) is 2. The fourth-order valence-corrected chi connectivity index (χ4v) is 1.93. The Bertz CT molecular complexity index is 273. The molecule has 1 amide bonds. The van der Waals surface area contributed by atoms with Gasteiger partial charge in [-0.1, -0.05) is 0 Å². The number of hydrogen-bond acceptors (Lipinski definition) is 5. The first-order valence-electron chi connectivity index (χ1n) is 6.29. The van der Waals surface area contributed by atoms with Gasteiger partial charge in [-0.3, -0.25) is 14.5 Å². The molecule has 0 atom stereocenters. The van der Waals surface area contributed by atoms with E-state index in [9.17, 15) is 9.59 Å². The van der Waals surface area contributed by atoms with Gasteiger partial charge in [0.05, 0.1) is 19.8 Å². The summed E-state index contributed by atoms with van der Waals surface area (Å²) >= 11 is 0. The third-order valence-electron chi connectivity index (χ3n) is 3.06. The minimum Gasteiger partial charge on any atom is -0.395 e. The summed E-state index contributed by atoms with van der Waals surface area (Å²) in [5.41, 5.74) is 0. The number of hydrogen-bond donors (Lipinski definition) is 1. The topological polar surface area (TPSA) is 70.1 Å². The summed E-state index contributed by atoms with van der Waals surface area (Å²) in [6.07, 6.45) is 0.924. The molecule has 0 spiro atoms. The van der Waals surface area contributed by atoms with Gasteiger partial charge in [0.15, 0.2) is 0 Å². The molecule has 1 heterocycles. The largest absolute Gasteiger partial charge is 0.395 e. The molecule has 1 aliphatic rings. The van der Waals surface area contributed by atoms with Crippen LogP contribution in [0, 0.1) is 0 Å². The lowest BCUT2D eigenvalue weighted by atomic mass is 10.1. The van der Waals surface area contributed by atoms with Crippen molar-refractivity contribution in [2.24, 2.45) is 0 Å². The SMILES string of the molecule is COCCN(CCO)CC(=O)N1CCC(=O)CC1. The van der Waals surface area contributed by atoms with Crippen LogP contribution in [0.5, 0.6) is 0 Å². The van der Waals surface area contributed by atoms with Crippen LogP contribution in [0.2, 0.25) is 0 Å². The number of carbonyl (C=O) groups excluding carboxylic acids is 2. The van der Waals surface area contributed by atoms with E-state index in [0.29, 0.717) is 45.6 Å².